The number of quaternary nitrogens is 1. The van der Waals surface area contributed by atoms with Crippen LogP contribution in [0, 0.1) is 0 Å². The van der Waals surface area contributed by atoms with Gasteiger partial charge in [-0.25, -0.2) is 0 Å². The molecule has 0 aromatic heterocycles. The summed E-state index contributed by atoms with van der Waals surface area (Å²) in [5.41, 5.74) is 2.12. The molecule has 1 saturated heterocycles. The Bertz CT molecular complexity index is 827. The Labute approximate surface area is 176 Å². The van der Waals surface area contributed by atoms with E-state index < -0.39 is 0 Å². The number of halogens is 1. The Hall–Kier alpha value is -1.32. The summed E-state index contributed by atoms with van der Waals surface area (Å²) in [6.07, 6.45) is 5.17. The highest BCUT2D eigenvalue weighted by Crippen LogP contribution is 2.57. The zero-order valence-corrected chi connectivity index (χ0v) is 17.9. The van der Waals surface area contributed by atoms with E-state index >= 15 is 0 Å². The van der Waals surface area contributed by atoms with Crippen molar-refractivity contribution in [3.05, 3.63) is 35.4 Å². The molecular formula is C20H24INO5. The summed E-state index contributed by atoms with van der Waals surface area (Å²) in [5.74, 6) is 1.36. The minimum Gasteiger partial charge on any atom is -1.00 e. The number of carbonyl (C=O) groups is 1. The van der Waals surface area contributed by atoms with Crippen molar-refractivity contribution in [3.63, 3.8) is 0 Å². The smallest absolute Gasteiger partial charge is 0.303 e. The second-order valence-electron chi connectivity index (χ2n) is 8.10. The van der Waals surface area contributed by atoms with E-state index in [1.54, 1.807) is 7.11 Å². The first-order valence-electron chi connectivity index (χ1n) is 9.13. The summed E-state index contributed by atoms with van der Waals surface area (Å²) in [4.78, 5) is 11.9. The van der Waals surface area contributed by atoms with Crippen LogP contribution in [0.15, 0.2) is 24.3 Å². The fourth-order valence-electron chi connectivity index (χ4n) is 5.65. The van der Waals surface area contributed by atoms with Crippen molar-refractivity contribution in [2.24, 2.45) is 0 Å². The number of ether oxygens (including phenoxy) is 4. The van der Waals surface area contributed by atoms with Gasteiger partial charge < -0.3 is 47.4 Å². The third-order valence-corrected chi connectivity index (χ3v) is 6.67. The summed E-state index contributed by atoms with van der Waals surface area (Å²) >= 11 is 0. The quantitative estimate of drug-likeness (QED) is 0.231. The Morgan fingerprint density at radius 1 is 1.30 bits per heavy atom. The van der Waals surface area contributed by atoms with Gasteiger partial charge in [-0.3, -0.25) is 4.79 Å². The average Bonchev–Trinajstić information content (AvgIpc) is 3.12. The summed E-state index contributed by atoms with van der Waals surface area (Å²) in [6.45, 7) is 3.44. The van der Waals surface area contributed by atoms with Gasteiger partial charge in [0.2, 0.25) is 6.79 Å². The van der Waals surface area contributed by atoms with Gasteiger partial charge >= 0.3 is 5.97 Å². The van der Waals surface area contributed by atoms with Crippen LogP contribution >= 0.6 is 0 Å². The molecule has 27 heavy (non-hydrogen) atoms. The van der Waals surface area contributed by atoms with E-state index in [-0.39, 0.29) is 54.4 Å². The van der Waals surface area contributed by atoms with Gasteiger partial charge in [-0.05, 0) is 17.7 Å². The summed E-state index contributed by atoms with van der Waals surface area (Å²) in [6, 6.07) is 4.51. The topological polar surface area (TPSA) is 54.0 Å². The van der Waals surface area contributed by atoms with Crippen LogP contribution in [-0.4, -0.2) is 56.2 Å². The maximum atomic E-state index is 11.9. The van der Waals surface area contributed by atoms with Gasteiger partial charge in [-0.15, -0.1) is 0 Å². The lowest BCUT2D eigenvalue weighted by molar-refractivity contribution is -0.939. The van der Waals surface area contributed by atoms with Crippen molar-refractivity contribution in [1.82, 2.24) is 0 Å². The summed E-state index contributed by atoms with van der Waals surface area (Å²) in [5, 5.41) is 0. The van der Waals surface area contributed by atoms with Crippen LogP contribution in [0.3, 0.4) is 0 Å². The van der Waals surface area contributed by atoms with E-state index in [4.69, 9.17) is 18.9 Å². The minimum absolute atomic E-state index is 0. The van der Waals surface area contributed by atoms with Crippen LogP contribution < -0.4 is 33.5 Å². The molecule has 1 aromatic carbocycles. The van der Waals surface area contributed by atoms with Crippen LogP contribution in [0.5, 0.6) is 11.5 Å². The molecule has 1 aliphatic carbocycles. The van der Waals surface area contributed by atoms with Crippen molar-refractivity contribution < 1.29 is 52.2 Å². The first kappa shape index (κ1) is 19.0. The maximum absolute atomic E-state index is 11.9. The van der Waals surface area contributed by atoms with Gasteiger partial charge in [-0.2, -0.15) is 0 Å². The highest BCUT2D eigenvalue weighted by molar-refractivity contribution is 5.67. The van der Waals surface area contributed by atoms with Crippen molar-refractivity contribution >= 4 is 5.97 Å². The van der Waals surface area contributed by atoms with E-state index in [1.807, 2.05) is 0 Å². The van der Waals surface area contributed by atoms with E-state index in [1.165, 1.54) is 18.1 Å². The predicted molar refractivity (Wildman–Crippen MR) is 92.9 cm³/mol. The number of methoxy groups -OCH3 is 1. The molecule has 7 heteroatoms. The molecule has 0 amide bonds. The van der Waals surface area contributed by atoms with Crippen LogP contribution in [0.1, 0.15) is 24.5 Å². The standard InChI is InChI=1S/C20H24NO5.HI/c1-12(22)26-19-10-21(2)9-13-6-16-17(25-11-24-16)8-15(13)20(19)5-4-14(23-3)7-18(20)21;/h4-6,8,14,18-19H,7,9-11H2,1-3H3;1H/q+1;/p-1. The largest absolute Gasteiger partial charge is 1.00 e. The van der Waals surface area contributed by atoms with Crippen LogP contribution in [0.2, 0.25) is 0 Å². The zero-order chi connectivity index (χ0) is 18.1. The number of hydrogen-bond donors (Lipinski definition) is 0. The van der Waals surface area contributed by atoms with E-state index in [2.05, 4.69) is 31.3 Å². The number of esters is 1. The van der Waals surface area contributed by atoms with Gasteiger partial charge in [0.15, 0.2) is 17.6 Å². The maximum Gasteiger partial charge on any atom is 0.303 e. The number of rotatable bonds is 2. The van der Waals surface area contributed by atoms with Crippen molar-refractivity contribution in [1.29, 1.82) is 0 Å². The van der Waals surface area contributed by atoms with Gasteiger partial charge in [-0.1, -0.05) is 12.2 Å². The Morgan fingerprint density at radius 3 is 2.74 bits per heavy atom. The SMILES string of the molecule is COC1C=CC23c4cc5c(cc4C[N+](C)(CC2OC(C)=O)C3C1)OCO5.[I-]. The zero-order valence-electron chi connectivity index (χ0n) is 15.7. The molecule has 146 valence electrons. The molecule has 5 unspecified atom stereocenters. The van der Waals surface area contributed by atoms with Crippen molar-refractivity contribution in [2.75, 3.05) is 27.5 Å². The third-order valence-electron chi connectivity index (χ3n) is 6.67. The highest BCUT2D eigenvalue weighted by Gasteiger charge is 2.67. The molecule has 5 atom stereocenters. The lowest BCUT2D eigenvalue weighted by Gasteiger charge is -2.49. The summed E-state index contributed by atoms with van der Waals surface area (Å²) in [7, 11) is 4.02. The molecule has 5 rings (SSSR count). The van der Waals surface area contributed by atoms with Gasteiger partial charge in [0.25, 0.3) is 0 Å². The molecule has 1 fully saturated rings. The number of likely N-dealkylation sites (N-methyl/N-ethyl adjacent to an activating group) is 1. The molecular weight excluding hydrogens is 461 g/mol. The lowest BCUT2D eigenvalue weighted by Crippen LogP contribution is -3.00. The fourth-order valence-corrected chi connectivity index (χ4v) is 5.65. The minimum atomic E-state index is -0.343. The van der Waals surface area contributed by atoms with Crippen molar-refractivity contribution in [3.8, 4) is 11.5 Å². The lowest BCUT2D eigenvalue weighted by atomic mass is 9.64. The number of hydrogen-bond acceptors (Lipinski definition) is 5. The average molecular weight is 485 g/mol. The van der Waals surface area contributed by atoms with Crippen molar-refractivity contribution in [2.45, 2.75) is 43.6 Å². The number of benzene rings is 1. The molecule has 1 aromatic rings. The molecule has 3 heterocycles. The first-order chi connectivity index (χ1) is 12.5. The molecule has 3 aliphatic heterocycles. The molecule has 0 N–H and O–H groups in total. The van der Waals surface area contributed by atoms with E-state index in [9.17, 15) is 4.79 Å². The van der Waals surface area contributed by atoms with Crippen LogP contribution in [0.4, 0.5) is 0 Å². The van der Waals surface area contributed by atoms with Crippen LogP contribution in [0.25, 0.3) is 0 Å². The molecule has 2 bridgehead atoms. The number of carbonyl (C=O) groups excluding carboxylic acids is 1. The Balaban J connectivity index is 0.00000180. The first-order valence-corrected chi connectivity index (χ1v) is 9.13. The van der Waals surface area contributed by atoms with Gasteiger partial charge in [0.1, 0.15) is 24.5 Å². The highest BCUT2D eigenvalue weighted by atomic mass is 127. The monoisotopic (exact) mass is 485 g/mol. The Kier molecular flexibility index (Phi) is 4.47. The fraction of sp³-hybridized carbons (Fsp3) is 0.550. The molecule has 0 radical (unpaired) electrons. The van der Waals surface area contributed by atoms with E-state index in [0.717, 1.165) is 35.5 Å². The normalized spacial score (nSPS) is 37.2. The summed E-state index contributed by atoms with van der Waals surface area (Å²) < 4.78 is 23.6. The molecule has 6 nitrogen and oxygen atoms in total. The third kappa shape index (κ3) is 2.54. The second-order valence-corrected chi connectivity index (χ2v) is 8.10. The second kappa shape index (κ2) is 6.35. The number of fused-ring (bicyclic) bond motifs is 2. The van der Waals surface area contributed by atoms with E-state index in [0.29, 0.717) is 6.04 Å². The number of nitrogens with zero attached hydrogens (tertiary/aromatic N) is 1. The Morgan fingerprint density at radius 2 is 2.04 bits per heavy atom. The molecule has 4 aliphatic rings. The molecule has 0 saturated carbocycles. The molecule has 0 spiro atoms. The van der Waals surface area contributed by atoms with Gasteiger partial charge in [0.05, 0.1) is 13.2 Å². The van der Waals surface area contributed by atoms with Crippen LogP contribution in [-0.2, 0) is 26.2 Å². The predicted octanol–water partition coefficient (Wildman–Crippen LogP) is -1.09. The van der Waals surface area contributed by atoms with Gasteiger partial charge in [0, 0.05) is 26.0 Å².